The molecule has 116 valence electrons. The van der Waals surface area contributed by atoms with Gasteiger partial charge in [0.2, 0.25) is 0 Å². The summed E-state index contributed by atoms with van der Waals surface area (Å²) in [5, 5.41) is 0. The van der Waals surface area contributed by atoms with Crippen molar-refractivity contribution in [1.29, 1.82) is 0 Å². The predicted molar refractivity (Wildman–Crippen MR) is 79.6 cm³/mol. The second-order valence-electron chi connectivity index (χ2n) is 5.02. The van der Waals surface area contributed by atoms with Crippen LogP contribution in [0, 0.1) is 0 Å². The van der Waals surface area contributed by atoms with Gasteiger partial charge in [0, 0.05) is 20.1 Å². The van der Waals surface area contributed by atoms with E-state index in [1.807, 2.05) is 32.0 Å². The molecule has 1 aromatic heterocycles. The highest BCUT2D eigenvalue weighted by atomic mass is 32.2. The fourth-order valence-corrected chi connectivity index (χ4v) is 2.77. The summed E-state index contributed by atoms with van der Waals surface area (Å²) in [5.74, 6) is 0.744. The molecule has 0 amide bonds. The number of likely N-dealkylation sites (N-methyl/N-ethyl adjacent to an activating group) is 1. The fourth-order valence-electron chi connectivity index (χ4n) is 1.81. The Morgan fingerprint density at radius 3 is 2.55 bits per heavy atom. The van der Waals surface area contributed by atoms with E-state index >= 15 is 0 Å². The van der Waals surface area contributed by atoms with E-state index in [0.29, 0.717) is 6.54 Å². The van der Waals surface area contributed by atoms with Crippen molar-refractivity contribution >= 4 is 10.2 Å². The van der Waals surface area contributed by atoms with Crippen LogP contribution in [0.2, 0.25) is 0 Å². The molecular formula is C13H25N3O3S. The van der Waals surface area contributed by atoms with Gasteiger partial charge in [0.15, 0.2) is 0 Å². The molecule has 7 heteroatoms. The molecule has 0 fully saturated rings. The van der Waals surface area contributed by atoms with Gasteiger partial charge in [0.05, 0.1) is 12.3 Å². The second-order valence-corrected chi connectivity index (χ2v) is 6.89. The molecular weight excluding hydrogens is 278 g/mol. The average Bonchev–Trinajstić information content (AvgIpc) is 2.89. The van der Waals surface area contributed by atoms with Crippen LogP contribution in [0.3, 0.4) is 0 Å². The van der Waals surface area contributed by atoms with E-state index in [1.54, 1.807) is 19.4 Å². The van der Waals surface area contributed by atoms with Gasteiger partial charge in [-0.05, 0) is 32.6 Å². The van der Waals surface area contributed by atoms with Crippen LogP contribution in [0.15, 0.2) is 22.8 Å². The first-order valence-corrected chi connectivity index (χ1v) is 8.23. The summed E-state index contributed by atoms with van der Waals surface area (Å²) in [6, 6.07) is 3.52. The van der Waals surface area contributed by atoms with Crippen LogP contribution < -0.4 is 4.72 Å². The lowest BCUT2D eigenvalue weighted by Crippen LogP contribution is -2.42. The molecule has 0 saturated carbocycles. The van der Waals surface area contributed by atoms with E-state index in [1.165, 1.54) is 4.31 Å². The van der Waals surface area contributed by atoms with E-state index in [4.69, 9.17) is 4.42 Å². The minimum Gasteiger partial charge on any atom is -0.468 e. The molecule has 1 N–H and O–H groups in total. The number of hydrogen-bond acceptors (Lipinski definition) is 4. The maximum Gasteiger partial charge on any atom is 0.279 e. The van der Waals surface area contributed by atoms with Crippen LogP contribution >= 0.6 is 0 Å². The van der Waals surface area contributed by atoms with Crippen LogP contribution in [0.1, 0.15) is 31.6 Å². The normalized spacial score (nSPS) is 14.1. The monoisotopic (exact) mass is 303 g/mol. The van der Waals surface area contributed by atoms with E-state index in [-0.39, 0.29) is 12.6 Å². The molecule has 0 aromatic carbocycles. The molecule has 1 atom stereocenters. The van der Waals surface area contributed by atoms with E-state index in [9.17, 15) is 8.42 Å². The Morgan fingerprint density at radius 2 is 2.05 bits per heavy atom. The highest BCUT2D eigenvalue weighted by Crippen LogP contribution is 2.18. The first-order chi connectivity index (χ1) is 9.38. The molecule has 1 unspecified atom stereocenters. The molecule has 0 bridgehead atoms. The Balaban J connectivity index is 2.63. The highest BCUT2D eigenvalue weighted by Gasteiger charge is 2.22. The van der Waals surface area contributed by atoms with E-state index < -0.39 is 10.2 Å². The maximum absolute atomic E-state index is 12.1. The quantitative estimate of drug-likeness (QED) is 0.750. The summed E-state index contributed by atoms with van der Waals surface area (Å²) in [7, 11) is 1.94. The average molecular weight is 303 g/mol. The predicted octanol–water partition coefficient (Wildman–Crippen LogP) is 1.45. The molecule has 0 radical (unpaired) electrons. The Morgan fingerprint density at radius 1 is 1.35 bits per heavy atom. The van der Waals surface area contributed by atoms with Crippen molar-refractivity contribution in [2.24, 2.45) is 0 Å². The zero-order valence-electron chi connectivity index (χ0n) is 12.7. The molecule has 1 aromatic rings. The molecule has 0 spiro atoms. The topological polar surface area (TPSA) is 65.8 Å². The van der Waals surface area contributed by atoms with Crippen molar-refractivity contribution in [1.82, 2.24) is 13.9 Å². The number of unbranched alkanes of at least 4 members (excludes halogenated alkanes) is 1. The minimum absolute atomic E-state index is 0.126. The molecule has 0 aliphatic heterocycles. The van der Waals surface area contributed by atoms with Crippen LogP contribution in [0.5, 0.6) is 0 Å². The summed E-state index contributed by atoms with van der Waals surface area (Å²) in [5.41, 5.74) is 0. The molecule has 0 aliphatic carbocycles. The third-order valence-corrected chi connectivity index (χ3v) is 4.73. The van der Waals surface area contributed by atoms with Crippen LogP contribution in [0.4, 0.5) is 0 Å². The van der Waals surface area contributed by atoms with Gasteiger partial charge in [0.25, 0.3) is 10.2 Å². The third kappa shape index (κ3) is 4.90. The van der Waals surface area contributed by atoms with E-state index in [0.717, 1.165) is 18.6 Å². The Hall–Kier alpha value is -0.890. The van der Waals surface area contributed by atoms with Crippen LogP contribution in [-0.2, 0) is 10.2 Å². The number of nitrogens with zero attached hydrogens (tertiary/aromatic N) is 2. The smallest absolute Gasteiger partial charge is 0.279 e. The lowest BCUT2D eigenvalue weighted by molar-refractivity contribution is 0.258. The zero-order chi connectivity index (χ0) is 15.2. The highest BCUT2D eigenvalue weighted by molar-refractivity contribution is 7.87. The molecule has 1 heterocycles. The van der Waals surface area contributed by atoms with Crippen molar-refractivity contribution in [2.75, 3.05) is 34.2 Å². The van der Waals surface area contributed by atoms with Gasteiger partial charge >= 0.3 is 0 Å². The molecule has 6 nitrogen and oxygen atoms in total. The van der Waals surface area contributed by atoms with Crippen molar-refractivity contribution in [3.05, 3.63) is 24.2 Å². The van der Waals surface area contributed by atoms with Gasteiger partial charge in [-0.2, -0.15) is 12.7 Å². The van der Waals surface area contributed by atoms with Crippen molar-refractivity contribution in [3.8, 4) is 0 Å². The number of nitrogens with one attached hydrogen (secondary N) is 1. The third-order valence-electron chi connectivity index (χ3n) is 3.19. The Kier molecular flexibility index (Phi) is 6.67. The summed E-state index contributed by atoms with van der Waals surface area (Å²) in [6.45, 7) is 2.84. The Bertz CT molecular complexity index is 471. The number of hydrogen-bond donors (Lipinski definition) is 1. The molecule has 1 rings (SSSR count). The zero-order valence-corrected chi connectivity index (χ0v) is 13.5. The first kappa shape index (κ1) is 17.2. The first-order valence-electron chi connectivity index (χ1n) is 6.79. The van der Waals surface area contributed by atoms with Crippen LogP contribution in [-0.4, -0.2) is 51.9 Å². The minimum atomic E-state index is -3.44. The SMILES string of the molecule is CCCCN(C)S(=O)(=O)NCC(c1ccco1)N(C)C. The number of furan rings is 1. The molecule has 20 heavy (non-hydrogen) atoms. The summed E-state index contributed by atoms with van der Waals surface area (Å²) in [4.78, 5) is 1.92. The lowest BCUT2D eigenvalue weighted by Gasteiger charge is -2.24. The van der Waals surface area contributed by atoms with Crippen molar-refractivity contribution < 1.29 is 12.8 Å². The molecule has 0 saturated heterocycles. The number of rotatable bonds is 9. The van der Waals surface area contributed by atoms with Gasteiger partial charge in [-0.25, -0.2) is 4.72 Å². The van der Waals surface area contributed by atoms with Gasteiger partial charge in [0.1, 0.15) is 5.76 Å². The van der Waals surface area contributed by atoms with Crippen molar-refractivity contribution in [2.45, 2.75) is 25.8 Å². The fraction of sp³-hybridized carbons (Fsp3) is 0.692. The van der Waals surface area contributed by atoms with Crippen molar-refractivity contribution in [3.63, 3.8) is 0 Å². The van der Waals surface area contributed by atoms with Crippen LogP contribution in [0.25, 0.3) is 0 Å². The Labute approximate surface area is 121 Å². The lowest BCUT2D eigenvalue weighted by atomic mass is 10.2. The molecule has 0 aliphatic rings. The van der Waals surface area contributed by atoms with Gasteiger partial charge in [-0.15, -0.1) is 0 Å². The van der Waals surface area contributed by atoms with Gasteiger partial charge in [-0.1, -0.05) is 13.3 Å². The summed E-state index contributed by atoms with van der Waals surface area (Å²) in [6.07, 6.45) is 3.41. The van der Waals surface area contributed by atoms with E-state index in [2.05, 4.69) is 4.72 Å². The van der Waals surface area contributed by atoms with Gasteiger partial charge < -0.3 is 4.42 Å². The largest absolute Gasteiger partial charge is 0.468 e. The summed E-state index contributed by atoms with van der Waals surface area (Å²) < 4.78 is 33.5. The standard InChI is InChI=1S/C13H25N3O3S/c1-5-6-9-16(4)20(17,18)14-11-12(15(2)3)13-8-7-10-19-13/h7-8,10,12,14H,5-6,9,11H2,1-4H3. The summed E-state index contributed by atoms with van der Waals surface area (Å²) >= 11 is 0. The second kappa shape index (κ2) is 7.78. The van der Waals surface area contributed by atoms with Gasteiger partial charge in [-0.3, -0.25) is 4.90 Å². The maximum atomic E-state index is 12.1.